The lowest BCUT2D eigenvalue weighted by atomic mass is 9.91. The first kappa shape index (κ1) is 29.4. The van der Waals surface area contributed by atoms with Crippen molar-refractivity contribution in [1.29, 1.82) is 0 Å². The smallest absolute Gasteiger partial charge is 0.254 e. The number of carbonyl (C=O) groups excluding carboxylic acids is 2. The first-order valence-electron chi connectivity index (χ1n) is 14.1. The summed E-state index contributed by atoms with van der Waals surface area (Å²) >= 11 is 6.33. The Bertz CT molecular complexity index is 1090. The van der Waals surface area contributed by atoms with E-state index in [0.717, 1.165) is 37.9 Å². The van der Waals surface area contributed by atoms with Crippen LogP contribution in [0, 0.1) is 17.8 Å². The molecule has 2 fully saturated rings. The van der Waals surface area contributed by atoms with Gasteiger partial charge in [0.25, 0.3) is 5.91 Å². The van der Waals surface area contributed by atoms with Crippen LogP contribution in [-0.2, 0) is 9.53 Å². The predicted molar refractivity (Wildman–Crippen MR) is 154 cm³/mol. The topological polar surface area (TPSA) is 79.9 Å². The van der Waals surface area contributed by atoms with E-state index in [-0.39, 0.29) is 35.6 Å². The number of benzene rings is 2. The van der Waals surface area contributed by atoms with Crippen LogP contribution in [0.2, 0.25) is 5.02 Å². The van der Waals surface area contributed by atoms with E-state index < -0.39 is 0 Å². The van der Waals surface area contributed by atoms with Gasteiger partial charge in [0.05, 0.1) is 17.5 Å². The quantitative estimate of drug-likeness (QED) is 0.329. The van der Waals surface area contributed by atoms with Crippen LogP contribution < -0.4 is 15.4 Å². The molecule has 7 nitrogen and oxygen atoms in total. The average Bonchev–Trinajstić information content (AvgIpc) is 3.66. The number of methoxy groups -OCH3 is 1. The number of amides is 2. The minimum absolute atomic E-state index is 0.0208. The highest BCUT2D eigenvalue weighted by Crippen LogP contribution is 2.42. The second-order valence-electron chi connectivity index (χ2n) is 11.0. The molecule has 39 heavy (non-hydrogen) atoms. The third-order valence-corrected chi connectivity index (χ3v) is 8.11. The van der Waals surface area contributed by atoms with Gasteiger partial charge in [0.1, 0.15) is 5.75 Å². The molecule has 1 aliphatic heterocycles. The third-order valence-electron chi connectivity index (χ3n) is 7.80. The van der Waals surface area contributed by atoms with Crippen LogP contribution in [0.3, 0.4) is 0 Å². The van der Waals surface area contributed by atoms with E-state index in [1.165, 1.54) is 0 Å². The van der Waals surface area contributed by atoms with Crippen molar-refractivity contribution < 1.29 is 19.1 Å². The van der Waals surface area contributed by atoms with Crippen LogP contribution in [0.1, 0.15) is 54.9 Å². The molecule has 0 aromatic heterocycles. The van der Waals surface area contributed by atoms with Gasteiger partial charge >= 0.3 is 0 Å². The average molecular weight is 556 g/mol. The van der Waals surface area contributed by atoms with Crippen molar-refractivity contribution in [2.75, 3.05) is 46.5 Å². The lowest BCUT2D eigenvalue weighted by molar-refractivity contribution is -0.123. The Morgan fingerprint density at radius 2 is 1.82 bits per heavy atom. The Kier molecular flexibility index (Phi) is 10.7. The number of hydrogen-bond acceptors (Lipinski definition) is 5. The molecule has 4 rings (SSSR count). The standard InChI is InChI=1S/C31H42ClN3O4/c1-21(2)35(31(37)24-12-13-27(32)28(16-24)39-15-7-14-38-3)20-26-18-33-17-25(26)19-34-30(36)29(23-10-11-23)22-8-5-4-6-9-22/h4-6,8-9,12-13,16,21,23,25-26,29,33H,7,10-11,14-15,17-20H2,1-3H3,(H,34,36). The van der Waals surface area contributed by atoms with Crippen LogP contribution >= 0.6 is 11.6 Å². The van der Waals surface area contributed by atoms with E-state index in [9.17, 15) is 9.59 Å². The van der Waals surface area contributed by atoms with Gasteiger partial charge in [0.15, 0.2) is 0 Å². The highest BCUT2D eigenvalue weighted by atomic mass is 35.5. The first-order valence-corrected chi connectivity index (χ1v) is 14.5. The summed E-state index contributed by atoms with van der Waals surface area (Å²) in [6.07, 6.45) is 2.95. The molecule has 8 heteroatoms. The lowest BCUT2D eigenvalue weighted by Gasteiger charge is -2.32. The molecule has 1 saturated heterocycles. The van der Waals surface area contributed by atoms with Gasteiger partial charge < -0.3 is 25.0 Å². The number of hydrogen-bond donors (Lipinski definition) is 2. The predicted octanol–water partition coefficient (Wildman–Crippen LogP) is 4.75. The molecule has 1 heterocycles. The summed E-state index contributed by atoms with van der Waals surface area (Å²) in [7, 11) is 1.65. The monoisotopic (exact) mass is 555 g/mol. The lowest BCUT2D eigenvalue weighted by Crippen LogP contribution is -2.44. The molecule has 2 amide bonds. The summed E-state index contributed by atoms with van der Waals surface area (Å²) in [5.74, 6) is 1.43. The molecule has 2 aliphatic rings. The van der Waals surface area contributed by atoms with Crippen molar-refractivity contribution in [3.63, 3.8) is 0 Å². The van der Waals surface area contributed by atoms with Crippen molar-refractivity contribution >= 4 is 23.4 Å². The third kappa shape index (κ3) is 7.96. The maximum Gasteiger partial charge on any atom is 0.254 e. The van der Waals surface area contributed by atoms with E-state index in [0.29, 0.717) is 48.6 Å². The molecule has 0 spiro atoms. The van der Waals surface area contributed by atoms with Crippen molar-refractivity contribution in [1.82, 2.24) is 15.5 Å². The zero-order valence-electron chi connectivity index (χ0n) is 23.3. The van der Waals surface area contributed by atoms with Gasteiger partial charge in [-0.3, -0.25) is 9.59 Å². The maximum absolute atomic E-state index is 13.6. The normalized spacial score (nSPS) is 19.6. The zero-order valence-corrected chi connectivity index (χ0v) is 24.1. The number of carbonyl (C=O) groups is 2. The zero-order chi connectivity index (χ0) is 27.8. The molecule has 3 unspecified atom stereocenters. The minimum Gasteiger partial charge on any atom is -0.492 e. The molecule has 212 valence electrons. The van der Waals surface area contributed by atoms with Crippen molar-refractivity contribution in [2.24, 2.45) is 17.8 Å². The van der Waals surface area contributed by atoms with Gasteiger partial charge in [-0.1, -0.05) is 41.9 Å². The number of rotatable bonds is 14. The number of ether oxygens (including phenoxy) is 2. The van der Waals surface area contributed by atoms with Gasteiger partial charge in [-0.15, -0.1) is 0 Å². The van der Waals surface area contributed by atoms with E-state index in [1.807, 2.05) is 36.9 Å². The summed E-state index contributed by atoms with van der Waals surface area (Å²) in [4.78, 5) is 28.8. The fourth-order valence-corrected chi connectivity index (χ4v) is 5.56. The molecule has 2 aromatic rings. The Balaban J connectivity index is 1.37. The van der Waals surface area contributed by atoms with E-state index in [1.54, 1.807) is 25.3 Å². The van der Waals surface area contributed by atoms with Crippen molar-refractivity contribution in [3.8, 4) is 5.75 Å². The molecule has 1 saturated carbocycles. The number of halogens is 1. The molecule has 2 aromatic carbocycles. The van der Waals surface area contributed by atoms with Crippen LogP contribution in [0.5, 0.6) is 5.75 Å². The highest BCUT2D eigenvalue weighted by Gasteiger charge is 2.38. The van der Waals surface area contributed by atoms with Crippen LogP contribution in [0.4, 0.5) is 0 Å². The molecule has 3 atom stereocenters. The Hall–Kier alpha value is -2.61. The van der Waals surface area contributed by atoms with Gasteiger partial charge in [-0.2, -0.15) is 0 Å². The summed E-state index contributed by atoms with van der Waals surface area (Å²) in [5.41, 5.74) is 1.65. The molecule has 0 bridgehead atoms. The van der Waals surface area contributed by atoms with Crippen molar-refractivity contribution in [3.05, 3.63) is 64.7 Å². The van der Waals surface area contributed by atoms with Gasteiger partial charge in [-0.25, -0.2) is 0 Å². The molecule has 2 N–H and O–H groups in total. The highest BCUT2D eigenvalue weighted by molar-refractivity contribution is 6.32. The van der Waals surface area contributed by atoms with E-state index in [2.05, 4.69) is 22.8 Å². The Morgan fingerprint density at radius 3 is 2.51 bits per heavy atom. The maximum atomic E-state index is 13.6. The van der Waals surface area contributed by atoms with Gasteiger partial charge in [0, 0.05) is 57.9 Å². The fraction of sp³-hybridized carbons (Fsp3) is 0.548. The first-order chi connectivity index (χ1) is 18.9. The number of nitrogens with zero attached hydrogens (tertiary/aromatic N) is 1. The Labute approximate surface area is 237 Å². The van der Waals surface area contributed by atoms with Gasteiger partial charge in [0.2, 0.25) is 5.91 Å². The van der Waals surface area contributed by atoms with Crippen LogP contribution in [0.15, 0.2) is 48.5 Å². The van der Waals surface area contributed by atoms with Crippen LogP contribution in [-0.4, -0.2) is 69.3 Å². The summed E-state index contributed by atoms with van der Waals surface area (Å²) in [6, 6.07) is 15.3. The van der Waals surface area contributed by atoms with E-state index >= 15 is 0 Å². The molecular formula is C31H42ClN3O4. The van der Waals surface area contributed by atoms with E-state index in [4.69, 9.17) is 21.1 Å². The summed E-state index contributed by atoms with van der Waals surface area (Å²) in [5, 5.41) is 7.22. The second kappa shape index (κ2) is 14.1. The SMILES string of the molecule is COCCCOc1cc(C(=O)N(CC2CNCC2CNC(=O)C(c2ccccc2)C2CC2)C(C)C)ccc1Cl. The fourth-order valence-electron chi connectivity index (χ4n) is 5.39. The molecule has 1 aliphatic carbocycles. The molecule has 0 radical (unpaired) electrons. The van der Waals surface area contributed by atoms with Crippen molar-refractivity contribution in [2.45, 2.75) is 45.1 Å². The minimum atomic E-state index is -0.0800. The summed E-state index contributed by atoms with van der Waals surface area (Å²) < 4.78 is 10.9. The number of nitrogens with one attached hydrogen (secondary N) is 2. The Morgan fingerprint density at radius 1 is 1.08 bits per heavy atom. The second-order valence-corrected chi connectivity index (χ2v) is 11.4. The van der Waals surface area contributed by atoms with Crippen LogP contribution in [0.25, 0.3) is 0 Å². The van der Waals surface area contributed by atoms with Gasteiger partial charge in [-0.05, 0) is 68.2 Å². The summed E-state index contributed by atoms with van der Waals surface area (Å²) in [6.45, 7) is 7.99. The molecular weight excluding hydrogens is 514 g/mol. The largest absolute Gasteiger partial charge is 0.492 e.